The van der Waals surface area contributed by atoms with Crippen molar-refractivity contribution < 1.29 is 0 Å². The molecule has 0 saturated heterocycles. The van der Waals surface area contributed by atoms with E-state index >= 15 is 0 Å². The molecule has 1 aromatic heterocycles. The van der Waals surface area contributed by atoms with Crippen molar-refractivity contribution in [3.05, 3.63) is 102 Å². The Hall–Kier alpha value is -3.72. The van der Waals surface area contributed by atoms with Gasteiger partial charge in [-0.2, -0.15) is 0 Å². The van der Waals surface area contributed by atoms with Crippen LogP contribution in [0.25, 0.3) is 16.6 Å². The molecule has 2 nitrogen and oxygen atoms in total. The summed E-state index contributed by atoms with van der Waals surface area (Å²) in [5.74, 6) is 0. The van der Waals surface area contributed by atoms with Gasteiger partial charge < -0.3 is 9.47 Å². The number of hydrogen-bond acceptors (Lipinski definition) is 1. The van der Waals surface area contributed by atoms with Crippen molar-refractivity contribution in [1.29, 1.82) is 0 Å². The molecule has 2 aliphatic rings. The van der Waals surface area contributed by atoms with Crippen LogP contribution in [-0.4, -0.2) is 11.3 Å². The molecule has 0 unspecified atom stereocenters. The predicted octanol–water partition coefficient (Wildman–Crippen LogP) is 4.86. The maximum atomic E-state index is 2.49. The lowest BCUT2D eigenvalue weighted by Gasteiger charge is -2.40. The first-order valence-corrected chi connectivity index (χ1v) is 10.9. The first-order valence-electron chi connectivity index (χ1n) is 10.9. The van der Waals surface area contributed by atoms with E-state index in [1.54, 1.807) is 0 Å². The van der Waals surface area contributed by atoms with E-state index in [1.165, 1.54) is 61.3 Å². The second-order valence-electron chi connectivity index (χ2n) is 8.66. The smallest absolute Gasteiger partial charge is 0.252 e. The van der Waals surface area contributed by atoms with E-state index in [0.717, 1.165) is 0 Å². The van der Waals surface area contributed by atoms with Crippen molar-refractivity contribution in [3.63, 3.8) is 0 Å². The Bertz CT molecular complexity index is 1510. The normalized spacial score (nSPS) is 13.4. The highest BCUT2D eigenvalue weighted by molar-refractivity contribution is 7.00. The largest absolute Gasteiger partial charge is 0.315 e. The van der Waals surface area contributed by atoms with Crippen molar-refractivity contribution in [3.8, 4) is 5.69 Å². The molecular weight excluding hydrogens is 375 g/mol. The van der Waals surface area contributed by atoms with E-state index in [2.05, 4.69) is 114 Å². The van der Waals surface area contributed by atoms with Crippen molar-refractivity contribution in [2.75, 3.05) is 4.90 Å². The van der Waals surface area contributed by atoms with Gasteiger partial charge in [0.25, 0.3) is 6.71 Å². The number of aromatic nitrogens is 1. The van der Waals surface area contributed by atoms with Crippen LogP contribution < -0.4 is 21.3 Å². The molecule has 0 amide bonds. The summed E-state index contributed by atoms with van der Waals surface area (Å²) in [7, 11) is 0. The summed E-state index contributed by atoms with van der Waals surface area (Å²) in [5, 5.41) is 1.37. The number of nitrogens with zero attached hydrogens (tertiary/aromatic N) is 2. The van der Waals surface area contributed by atoms with Gasteiger partial charge in [0, 0.05) is 39.3 Å². The van der Waals surface area contributed by atoms with Crippen LogP contribution in [0.4, 0.5) is 17.1 Å². The number of benzene rings is 4. The highest BCUT2D eigenvalue weighted by atomic mass is 15.2. The minimum atomic E-state index is 0.243. The van der Waals surface area contributed by atoms with E-state index in [-0.39, 0.29) is 6.71 Å². The van der Waals surface area contributed by atoms with Crippen LogP contribution in [0.15, 0.2) is 91.0 Å². The monoisotopic (exact) mass is 396 g/mol. The number of aryl methyl sites for hydroxylation is 1. The Kier molecular flexibility index (Phi) is 3.25. The van der Waals surface area contributed by atoms with E-state index < -0.39 is 0 Å². The van der Waals surface area contributed by atoms with Gasteiger partial charge in [0.1, 0.15) is 0 Å². The number of fused-ring (bicyclic) bond motifs is 4. The number of para-hydroxylation sites is 3. The fourth-order valence-electron chi connectivity index (χ4n) is 5.80. The van der Waals surface area contributed by atoms with Crippen LogP contribution in [0.1, 0.15) is 11.3 Å². The quantitative estimate of drug-likeness (QED) is 0.360. The van der Waals surface area contributed by atoms with Crippen LogP contribution in [0.2, 0.25) is 0 Å². The predicted molar refractivity (Wildman–Crippen MR) is 132 cm³/mol. The molecule has 7 rings (SSSR count). The zero-order chi connectivity index (χ0) is 20.7. The zero-order valence-electron chi connectivity index (χ0n) is 17.6. The van der Waals surface area contributed by atoms with Crippen molar-refractivity contribution in [2.24, 2.45) is 0 Å². The zero-order valence-corrected chi connectivity index (χ0v) is 17.6. The van der Waals surface area contributed by atoms with E-state index in [1.807, 2.05) is 0 Å². The second-order valence-corrected chi connectivity index (χ2v) is 8.66. The molecule has 4 aromatic carbocycles. The van der Waals surface area contributed by atoms with Gasteiger partial charge in [0.15, 0.2) is 0 Å². The van der Waals surface area contributed by atoms with Gasteiger partial charge in [-0.3, -0.25) is 0 Å². The Morgan fingerprint density at radius 3 is 2.16 bits per heavy atom. The molecule has 146 valence electrons. The molecule has 0 radical (unpaired) electrons. The first-order chi connectivity index (χ1) is 15.3. The van der Waals surface area contributed by atoms with Crippen LogP contribution in [-0.2, 0) is 0 Å². The number of rotatable bonds is 1. The highest BCUT2D eigenvalue weighted by Crippen LogP contribution is 2.39. The van der Waals surface area contributed by atoms with Gasteiger partial charge in [0.05, 0.1) is 0 Å². The maximum Gasteiger partial charge on any atom is 0.252 e. The molecule has 0 atom stereocenters. The molecule has 3 heterocycles. The molecule has 5 aromatic rings. The summed E-state index contributed by atoms with van der Waals surface area (Å²) < 4.78 is 2.49. The Balaban J connectivity index is 1.67. The lowest BCUT2D eigenvalue weighted by Crippen LogP contribution is -2.60. The third-order valence-electron chi connectivity index (χ3n) is 7.22. The summed E-state index contributed by atoms with van der Waals surface area (Å²) in [4.78, 5) is 2.43. The standard InChI is InChI=1S/C28H21BN2/c1-18-19(2)30-25-16-9-17-26-27(25)29(23-14-8-12-21(18)28(23)30)22-13-6-7-15-24(22)31(26)20-10-4-3-5-11-20/h3-17H,1-2H3. The lowest BCUT2D eigenvalue weighted by atomic mass is 9.34. The molecule has 0 saturated carbocycles. The Morgan fingerprint density at radius 1 is 0.613 bits per heavy atom. The van der Waals surface area contributed by atoms with Gasteiger partial charge >= 0.3 is 0 Å². The highest BCUT2D eigenvalue weighted by Gasteiger charge is 2.41. The van der Waals surface area contributed by atoms with Crippen LogP contribution >= 0.6 is 0 Å². The van der Waals surface area contributed by atoms with Crippen LogP contribution in [0.3, 0.4) is 0 Å². The van der Waals surface area contributed by atoms with E-state index in [0.29, 0.717) is 0 Å². The van der Waals surface area contributed by atoms with Gasteiger partial charge in [-0.25, -0.2) is 0 Å². The molecule has 0 aliphatic carbocycles. The Labute approximate surface area is 182 Å². The SMILES string of the molecule is Cc1c(C)n2c3c(cccc13)B1c3ccccc3N(c3ccccc3)c3cccc-2c31. The van der Waals surface area contributed by atoms with Crippen molar-refractivity contribution >= 4 is 51.1 Å². The Morgan fingerprint density at radius 2 is 1.29 bits per heavy atom. The minimum absolute atomic E-state index is 0.243. The maximum absolute atomic E-state index is 2.49. The van der Waals surface area contributed by atoms with Gasteiger partial charge in [-0.05, 0) is 66.1 Å². The van der Waals surface area contributed by atoms with Gasteiger partial charge in [0.2, 0.25) is 0 Å². The average Bonchev–Trinajstić information content (AvgIpc) is 3.08. The van der Waals surface area contributed by atoms with Gasteiger partial charge in [-0.15, -0.1) is 0 Å². The average molecular weight is 396 g/mol. The summed E-state index contributed by atoms with van der Waals surface area (Å²) in [6.07, 6.45) is 0. The summed E-state index contributed by atoms with van der Waals surface area (Å²) in [6.45, 7) is 4.75. The summed E-state index contributed by atoms with van der Waals surface area (Å²) in [5.41, 5.74) is 13.3. The molecule has 3 heteroatoms. The summed E-state index contributed by atoms with van der Waals surface area (Å²) >= 11 is 0. The van der Waals surface area contributed by atoms with Crippen molar-refractivity contribution in [2.45, 2.75) is 13.8 Å². The fourth-order valence-corrected chi connectivity index (χ4v) is 5.80. The topological polar surface area (TPSA) is 8.17 Å². The number of hydrogen-bond donors (Lipinski definition) is 0. The molecule has 2 aliphatic heterocycles. The molecule has 0 fully saturated rings. The molecular formula is C28H21BN2. The molecule has 31 heavy (non-hydrogen) atoms. The first kappa shape index (κ1) is 17.0. The summed E-state index contributed by atoms with van der Waals surface area (Å²) in [6, 6.07) is 33.3. The fraction of sp³-hybridized carbons (Fsp3) is 0.0714. The second kappa shape index (κ2) is 5.92. The van der Waals surface area contributed by atoms with Crippen molar-refractivity contribution in [1.82, 2.24) is 4.57 Å². The minimum Gasteiger partial charge on any atom is -0.315 e. The molecule has 0 N–H and O–H groups in total. The third-order valence-corrected chi connectivity index (χ3v) is 7.22. The van der Waals surface area contributed by atoms with Gasteiger partial charge in [-0.1, -0.05) is 60.7 Å². The lowest BCUT2D eigenvalue weighted by molar-refractivity contribution is 1.04. The van der Waals surface area contributed by atoms with Crippen LogP contribution in [0.5, 0.6) is 0 Å². The van der Waals surface area contributed by atoms with Crippen LogP contribution in [0, 0.1) is 13.8 Å². The molecule has 0 spiro atoms. The van der Waals surface area contributed by atoms with E-state index in [4.69, 9.17) is 0 Å². The van der Waals surface area contributed by atoms with E-state index in [9.17, 15) is 0 Å². The molecule has 0 bridgehead atoms. The number of anilines is 3. The third kappa shape index (κ3) is 2.03.